The average molecular weight is 264 g/mol. The fraction of sp³-hybridized carbons (Fsp3) is 0.455. The first-order valence-corrected chi connectivity index (χ1v) is 5.19. The van der Waals surface area contributed by atoms with E-state index in [1.165, 1.54) is 6.20 Å². The molecule has 0 amide bonds. The van der Waals surface area contributed by atoms with Crippen LogP contribution < -0.4 is 5.32 Å². The van der Waals surface area contributed by atoms with Crippen LogP contribution in [0.3, 0.4) is 0 Å². The summed E-state index contributed by atoms with van der Waals surface area (Å²) in [6.45, 7) is 2.34. The number of nitrogens with zero attached hydrogens (tertiary/aromatic N) is 1. The largest absolute Gasteiger partial charge is 0.481 e. The van der Waals surface area contributed by atoms with E-state index in [-0.39, 0.29) is 12.2 Å². The zero-order chi connectivity index (χ0) is 14.2. The number of hydrogen-bond acceptors (Lipinski definition) is 3. The maximum absolute atomic E-state index is 11.8. The Morgan fingerprint density at radius 2 is 2.06 bits per heavy atom. The van der Waals surface area contributed by atoms with Crippen molar-refractivity contribution in [3.8, 4) is 0 Å². The van der Waals surface area contributed by atoms with Crippen LogP contribution >= 0.6 is 0 Å². The molecule has 4 nitrogen and oxygen atoms in total. The highest BCUT2D eigenvalue weighted by Crippen LogP contribution is 2.15. The molecule has 0 radical (unpaired) electrons. The van der Waals surface area contributed by atoms with Crippen LogP contribution in [0.5, 0.6) is 0 Å². The minimum Gasteiger partial charge on any atom is -0.481 e. The van der Waals surface area contributed by atoms with Crippen LogP contribution in [0.25, 0.3) is 0 Å². The summed E-state index contributed by atoms with van der Waals surface area (Å²) in [5, 5.41) is 9.91. The van der Waals surface area contributed by atoms with Crippen molar-refractivity contribution >= 4 is 11.8 Å². The molecule has 0 fully saturated rings. The lowest BCUT2D eigenvalue weighted by molar-refractivity contribution is -0.136. The number of nitrogens with one attached hydrogen (secondary N) is 1. The van der Waals surface area contributed by atoms with E-state index in [4.69, 9.17) is 5.11 Å². The number of halogens is 3. The summed E-state index contributed by atoms with van der Waals surface area (Å²) in [7, 11) is 0. The van der Waals surface area contributed by atoms with Gasteiger partial charge in [-0.2, -0.15) is 13.2 Å². The number of pyridine rings is 1. The highest BCUT2D eigenvalue weighted by atomic mass is 19.4. The fourth-order valence-corrected chi connectivity index (χ4v) is 0.824. The molecule has 0 bridgehead atoms. The lowest BCUT2D eigenvalue weighted by atomic mass is 10.3. The maximum Gasteiger partial charge on any atom is 0.405 e. The molecular weight excluding hydrogens is 249 g/mol. The molecule has 0 aliphatic carbocycles. The maximum atomic E-state index is 11.8. The normalized spacial score (nSPS) is 10.3. The number of carboxylic acid groups (broad SMARTS) is 1. The molecule has 0 aliphatic rings. The third-order valence-corrected chi connectivity index (χ3v) is 1.69. The molecule has 0 spiro atoms. The second kappa shape index (κ2) is 7.52. The standard InChI is InChI=1S/C8H9F3N2.C3H6O2/c1-6-2-3-12-7(4-6)13-5-8(9,10)11;1-2-3(4)5/h2-4H,5H2,1H3,(H,12,13);2H2,1H3,(H,4,5). The fourth-order valence-electron chi connectivity index (χ4n) is 0.824. The van der Waals surface area contributed by atoms with Crippen LogP contribution in [-0.2, 0) is 4.79 Å². The Hall–Kier alpha value is -1.79. The number of carbonyl (C=O) groups is 1. The van der Waals surface area contributed by atoms with Crippen LogP contribution in [0.15, 0.2) is 18.3 Å². The predicted molar refractivity (Wildman–Crippen MR) is 61.4 cm³/mol. The number of aromatic nitrogens is 1. The van der Waals surface area contributed by atoms with Gasteiger partial charge in [0.25, 0.3) is 0 Å². The Labute approximate surface area is 103 Å². The number of rotatable bonds is 3. The summed E-state index contributed by atoms with van der Waals surface area (Å²) in [6.07, 6.45) is -2.51. The molecule has 1 aromatic heterocycles. The van der Waals surface area contributed by atoms with Crippen molar-refractivity contribution in [3.63, 3.8) is 0 Å². The van der Waals surface area contributed by atoms with E-state index in [1.54, 1.807) is 26.0 Å². The van der Waals surface area contributed by atoms with Crippen LogP contribution in [0.1, 0.15) is 18.9 Å². The van der Waals surface area contributed by atoms with Crippen molar-refractivity contribution in [3.05, 3.63) is 23.9 Å². The quantitative estimate of drug-likeness (QED) is 0.881. The van der Waals surface area contributed by atoms with E-state index in [2.05, 4.69) is 10.3 Å². The Kier molecular flexibility index (Phi) is 6.77. The van der Waals surface area contributed by atoms with E-state index in [9.17, 15) is 18.0 Å². The van der Waals surface area contributed by atoms with Gasteiger partial charge in [0, 0.05) is 12.6 Å². The van der Waals surface area contributed by atoms with Crippen molar-refractivity contribution in [1.82, 2.24) is 4.98 Å². The predicted octanol–water partition coefficient (Wildman–Crippen LogP) is 2.85. The van der Waals surface area contributed by atoms with Gasteiger partial charge in [-0.05, 0) is 24.6 Å². The van der Waals surface area contributed by atoms with Crippen LogP contribution in [0, 0.1) is 6.92 Å². The smallest absolute Gasteiger partial charge is 0.405 e. The van der Waals surface area contributed by atoms with E-state index >= 15 is 0 Å². The molecule has 18 heavy (non-hydrogen) atoms. The van der Waals surface area contributed by atoms with Crippen molar-refractivity contribution in [2.45, 2.75) is 26.4 Å². The van der Waals surface area contributed by atoms with Gasteiger partial charge in [0.2, 0.25) is 0 Å². The molecule has 2 N–H and O–H groups in total. The van der Waals surface area contributed by atoms with Gasteiger partial charge in [-0.3, -0.25) is 4.79 Å². The van der Waals surface area contributed by atoms with E-state index in [1.807, 2.05) is 0 Å². The van der Waals surface area contributed by atoms with Crippen molar-refractivity contribution < 1.29 is 23.1 Å². The number of aryl methyl sites for hydroxylation is 1. The van der Waals surface area contributed by atoms with Crippen molar-refractivity contribution in [2.24, 2.45) is 0 Å². The van der Waals surface area contributed by atoms with E-state index < -0.39 is 18.7 Å². The minimum absolute atomic E-state index is 0.222. The monoisotopic (exact) mass is 264 g/mol. The summed E-state index contributed by atoms with van der Waals surface area (Å²) in [4.78, 5) is 13.1. The molecule has 1 heterocycles. The molecule has 0 aliphatic heterocycles. The molecule has 7 heteroatoms. The van der Waals surface area contributed by atoms with Gasteiger partial charge in [0.1, 0.15) is 12.4 Å². The van der Waals surface area contributed by atoms with Crippen LogP contribution in [0.4, 0.5) is 19.0 Å². The van der Waals surface area contributed by atoms with Gasteiger partial charge in [0.15, 0.2) is 0 Å². The Balaban J connectivity index is 0.000000494. The first kappa shape index (κ1) is 16.2. The topological polar surface area (TPSA) is 62.2 Å². The van der Waals surface area contributed by atoms with Gasteiger partial charge in [-0.1, -0.05) is 6.92 Å². The third-order valence-electron chi connectivity index (χ3n) is 1.69. The van der Waals surface area contributed by atoms with Gasteiger partial charge in [0.05, 0.1) is 0 Å². The Morgan fingerprint density at radius 3 is 2.44 bits per heavy atom. The number of hydrogen-bond donors (Lipinski definition) is 2. The number of anilines is 1. The molecule has 1 rings (SSSR count). The second-order valence-corrected chi connectivity index (χ2v) is 3.43. The molecule has 0 saturated heterocycles. The first-order valence-electron chi connectivity index (χ1n) is 5.19. The van der Waals surface area contributed by atoms with Crippen molar-refractivity contribution in [1.29, 1.82) is 0 Å². The van der Waals surface area contributed by atoms with Gasteiger partial charge in [-0.15, -0.1) is 0 Å². The summed E-state index contributed by atoms with van der Waals surface area (Å²) in [5.41, 5.74) is 0.875. The molecule has 0 saturated carbocycles. The highest BCUT2D eigenvalue weighted by Gasteiger charge is 2.26. The number of alkyl halides is 3. The Bertz CT molecular complexity index is 381. The van der Waals surface area contributed by atoms with Crippen LogP contribution in [0.2, 0.25) is 0 Å². The zero-order valence-corrected chi connectivity index (χ0v) is 10.1. The summed E-state index contributed by atoms with van der Waals surface area (Å²) in [6, 6.07) is 3.28. The summed E-state index contributed by atoms with van der Waals surface area (Å²) >= 11 is 0. The van der Waals surface area contributed by atoms with E-state index in [0.29, 0.717) is 0 Å². The minimum atomic E-state index is -4.20. The third kappa shape index (κ3) is 9.44. The average Bonchev–Trinajstić information content (AvgIpc) is 2.26. The molecule has 1 aromatic rings. The van der Waals surface area contributed by atoms with Crippen LogP contribution in [-0.4, -0.2) is 28.8 Å². The van der Waals surface area contributed by atoms with Gasteiger partial charge >= 0.3 is 12.1 Å². The molecule has 102 valence electrons. The molecular formula is C11H15F3N2O2. The van der Waals surface area contributed by atoms with Crippen molar-refractivity contribution in [2.75, 3.05) is 11.9 Å². The molecule has 0 aromatic carbocycles. The zero-order valence-electron chi connectivity index (χ0n) is 10.1. The first-order chi connectivity index (χ1) is 8.24. The molecule has 0 atom stereocenters. The SMILES string of the molecule is CCC(=O)O.Cc1ccnc(NCC(F)(F)F)c1. The second-order valence-electron chi connectivity index (χ2n) is 3.43. The highest BCUT2D eigenvalue weighted by molar-refractivity contribution is 5.66. The van der Waals surface area contributed by atoms with E-state index in [0.717, 1.165) is 5.56 Å². The lowest BCUT2D eigenvalue weighted by Gasteiger charge is -2.08. The molecule has 0 unspecified atom stereocenters. The Morgan fingerprint density at radius 1 is 1.50 bits per heavy atom. The summed E-state index contributed by atoms with van der Waals surface area (Å²) in [5.74, 6) is -0.498. The summed E-state index contributed by atoms with van der Waals surface area (Å²) < 4.78 is 35.3. The number of aliphatic carboxylic acids is 1. The van der Waals surface area contributed by atoms with Gasteiger partial charge < -0.3 is 10.4 Å². The number of carboxylic acids is 1. The van der Waals surface area contributed by atoms with Gasteiger partial charge in [-0.25, -0.2) is 4.98 Å². The lowest BCUT2D eigenvalue weighted by Crippen LogP contribution is -2.21.